The van der Waals surface area contributed by atoms with Gasteiger partial charge in [-0.25, -0.2) is 4.68 Å². The van der Waals surface area contributed by atoms with Crippen LogP contribution in [0.15, 0.2) is 28.8 Å². The number of nitrogens with zero attached hydrogens (tertiary/aromatic N) is 4. The average Bonchev–Trinajstić information content (AvgIpc) is 3.12. The summed E-state index contributed by atoms with van der Waals surface area (Å²) in [6.45, 7) is 7.73. The lowest BCUT2D eigenvalue weighted by Gasteiger charge is -2.10. The first kappa shape index (κ1) is 18.2. The maximum atomic E-state index is 12.3. The van der Waals surface area contributed by atoms with E-state index in [4.69, 9.17) is 4.52 Å². The summed E-state index contributed by atoms with van der Waals surface area (Å²) < 4.78 is 6.68. The predicted molar refractivity (Wildman–Crippen MR) is 102 cm³/mol. The molecule has 8 heteroatoms. The molecule has 0 spiro atoms. The van der Waals surface area contributed by atoms with Gasteiger partial charge in [-0.1, -0.05) is 11.2 Å². The van der Waals surface area contributed by atoms with Gasteiger partial charge < -0.3 is 9.84 Å². The molecule has 1 N–H and O–H groups in total. The standard InChI is InChI=1S/C18H21N5O2S/c1-11-5-12(2)7-15(6-11)23-17(8-13(3)21-23)20-18(24)10-26-9-16-19-14(4)25-22-16/h5-8H,9-10H2,1-4H3,(H,20,24). The molecule has 0 radical (unpaired) electrons. The van der Waals surface area contributed by atoms with Crippen LogP contribution in [0.2, 0.25) is 0 Å². The first-order chi connectivity index (χ1) is 12.4. The van der Waals surface area contributed by atoms with Crippen molar-refractivity contribution in [2.24, 2.45) is 0 Å². The number of hydrogen-bond donors (Lipinski definition) is 1. The van der Waals surface area contributed by atoms with Crippen molar-refractivity contribution in [1.82, 2.24) is 19.9 Å². The van der Waals surface area contributed by atoms with Gasteiger partial charge >= 0.3 is 0 Å². The van der Waals surface area contributed by atoms with Gasteiger partial charge in [0.25, 0.3) is 0 Å². The molecule has 26 heavy (non-hydrogen) atoms. The Balaban J connectivity index is 1.66. The fraction of sp³-hybridized carbons (Fsp3) is 0.333. The molecule has 3 rings (SSSR count). The van der Waals surface area contributed by atoms with E-state index < -0.39 is 0 Å². The van der Waals surface area contributed by atoms with Crippen LogP contribution in [0.5, 0.6) is 0 Å². The molecular weight excluding hydrogens is 350 g/mol. The summed E-state index contributed by atoms with van der Waals surface area (Å²) in [7, 11) is 0. The molecule has 0 aliphatic heterocycles. The fourth-order valence-corrected chi connectivity index (χ4v) is 3.33. The third-order valence-electron chi connectivity index (χ3n) is 3.58. The van der Waals surface area contributed by atoms with Gasteiger partial charge in [-0.3, -0.25) is 4.79 Å². The molecule has 0 fully saturated rings. The number of carbonyl (C=O) groups is 1. The maximum absolute atomic E-state index is 12.3. The largest absolute Gasteiger partial charge is 0.340 e. The number of amides is 1. The van der Waals surface area contributed by atoms with E-state index >= 15 is 0 Å². The minimum absolute atomic E-state index is 0.0965. The van der Waals surface area contributed by atoms with Crippen LogP contribution in [-0.4, -0.2) is 31.6 Å². The highest BCUT2D eigenvalue weighted by molar-refractivity contribution is 7.99. The average molecular weight is 371 g/mol. The van der Waals surface area contributed by atoms with E-state index in [0.717, 1.165) is 22.5 Å². The van der Waals surface area contributed by atoms with E-state index in [9.17, 15) is 4.79 Å². The monoisotopic (exact) mass is 371 g/mol. The van der Waals surface area contributed by atoms with Gasteiger partial charge in [0.15, 0.2) is 5.82 Å². The van der Waals surface area contributed by atoms with Crippen LogP contribution >= 0.6 is 11.8 Å². The molecule has 0 saturated carbocycles. The van der Waals surface area contributed by atoms with Gasteiger partial charge in [-0.05, 0) is 44.0 Å². The number of nitrogens with one attached hydrogen (secondary N) is 1. The summed E-state index contributed by atoms with van der Waals surface area (Å²) in [4.78, 5) is 16.4. The lowest BCUT2D eigenvalue weighted by atomic mass is 10.1. The van der Waals surface area contributed by atoms with Crippen LogP contribution in [-0.2, 0) is 10.5 Å². The lowest BCUT2D eigenvalue weighted by Crippen LogP contribution is -2.17. The SMILES string of the molecule is Cc1cc(C)cc(-n2nc(C)cc2NC(=O)CSCc2noc(C)n2)c1. The van der Waals surface area contributed by atoms with E-state index in [1.807, 2.05) is 39.0 Å². The van der Waals surface area contributed by atoms with Gasteiger partial charge in [0, 0.05) is 13.0 Å². The summed E-state index contributed by atoms with van der Waals surface area (Å²) in [5.41, 5.74) is 4.07. The third-order valence-corrected chi connectivity index (χ3v) is 4.51. The Bertz CT molecular complexity index is 911. The van der Waals surface area contributed by atoms with E-state index in [0.29, 0.717) is 29.0 Å². The van der Waals surface area contributed by atoms with E-state index in [1.165, 1.54) is 11.8 Å². The molecule has 136 valence electrons. The summed E-state index contributed by atoms with van der Waals surface area (Å²) in [5, 5.41) is 11.3. The molecule has 0 atom stereocenters. The van der Waals surface area contributed by atoms with Gasteiger partial charge in [-0.15, -0.1) is 11.8 Å². The number of benzene rings is 1. The van der Waals surface area contributed by atoms with E-state index in [2.05, 4.69) is 26.6 Å². The molecule has 0 saturated heterocycles. The van der Waals surface area contributed by atoms with Crippen molar-refractivity contribution in [2.45, 2.75) is 33.4 Å². The van der Waals surface area contributed by atoms with Crippen molar-refractivity contribution in [2.75, 3.05) is 11.1 Å². The Morgan fingerprint density at radius 3 is 2.54 bits per heavy atom. The third kappa shape index (κ3) is 4.51. The molecule has 7 nitrogen and oxygen atoms in total. The molecular formula is C18H21N5O2S. The topological polar surface area (TPSA) is 85.8 Å². The first-order valence-corrected chi connectivity index (χ1v) is 9.38. The van der Waals surface area contributed by atoms with Crippen molar-refractivity contribution >= 4 is 23.5 Å². The smallest absolute Gasteiger partial charge is 0.235 e. The molecule has 0 unspecified atom stereocenters. The Morgan fingerprint density at radius 2 is 1.88 bits per heavy atom. The number of thioether (sulfide) groups is 1. The molecule has 1 amide bonds. The van der Waals surface area contributed by atoms with Crippen LogP contribution in [0.3, 0.4) is 0 Å². The predicted octanol–water partition coefficient (Wildman–Crippen LogP) is 3.36. The Labute approximate surface area is 156 Å². The van der Waals surface area contributed by atoms with Crippen LogP contribution < -0.4 is 5.32 Å². The number of aryl methyl sites for hydroxylation is 4. The molecule has 0 aliphatic rings. The Morgan fingerprint density at radius 1 is 1.15 bits per heavy atom. The molecule has 0 aliphatic carbocycles. The minimum atomic E-state index is -0.0965. The Hall–Kier alpha value is -2.61. The molecule has 3 aromatic rings. The number of rotatable bonds is 6. The van der Waals surface area contributed by atoms with Crippen LogP contribution in [0, 0.1) is 27.7 Å². The van der Waals surface area contributed by atoms with Crippen molar-refractivity contribution in [1.29, 1.82) is 0 Å². The summed E-state index contributed by atoms with van der Waals surface area (Å²) in [6.07, 6.45) is 0. The number of hydrogen-bond acceptors (Lipinski definition) is 6. The molecule has 0 bridgehead atoms. The van der Waals surface area contributed by atoms with Gasteiger partial charge in [0.05, 0.1) is 22.9 Å². The molecule has 2 heterocycles. The minimum Gasteiger partial charge on any atom is -0.340 e. The van der Waals surface area contributed by atoms with Crippen LogP contribution in [0.1, 0.15) is 28.5 Å². The number of anilines is 1. The number of aromatic nitrogens is 4. The maximum Gasteiger partial charge on any atom is 0.235 e. The highest BCUT2D eigenvalue weighted by Gasteiger charge is 2.12. The van der Waals surface area contributed by atoms with Crippen molar-refractivity contribution < 1.29 is 9.32 Å². The van der Waals surface area contributed by atoms with Gasteiger partial charge in [0.2, 0.25) is 11.8 Å². The van der Waals surface area contributed by atoms with Crippen LogP contribution in [0.25, 0.3) is 5.69 Å². The molecule has 2 aromatic heterocycles. The highest BCUT2D eigenvalue weighted by Crippen LogP contribution is 2.20. The normalized spacial score (nSPS) is 10.9. The quantitative estimate of drug-likeness (QED) is 0.715. The first-order valence-electron chi connectivity index (χ1n) is 8.23. The van der Waals surface area contributed by atoms with Crippen molar-refractivity contribution in [3.8, 4) is 5.69 Å². The van der Waals surface area contributed by atoms with Crippen LogP contribution in [0.4, 0.5) is 5.82 Å². The second-order valence-electron chi connectivity index (χ2n) is 6.20. The fourth-order valence-electron chi connectivity index (χ4n) is 2.67. The molecule has 1 aromatic carbocycles. The van der Waals surface area contributed by atoms with Gasteiger partial charge in [0.1, 0.15) is 5.82 Å². The zero-order valence-corrected chi connectivity index (χ0v) is 16.1. The van der Waals surface area contributed by atoms with Gasteiger partial charge in [-0.2, -0.15) is 10.1 Å². The zero-order chi connectivity index (χ0) is 18.7. The summed E-state index contributed by atoms with van der Waals surface area (Å²) in [6, 6.07) is 8.06. The summed E-state index contributed by atoms with van der Waals surface area (Å²) in [5.74, 6) is 2.51. The lowest BCUT2D eigenvalue weighted by molar-refractivity contribution is -0.113. The number of carbonyl (C=O) groups excluding carboxylic acids is 1. The summed E-state index contributed by atoms with van der Waals surface area (Å²) >= 11 is 1.43. The second kappa shape index (κ2) is 7.74. The highest BCUT2D eigenvalue weighted by atomic mass is 32.2. The van der Waals surface area contributed by atoms with Crippen molar-refractivity contribution in [3.63, 3.8) is 0 Å². The van der Waals surface area contributed by atoms with E-state index in [1.54, 1.807) is 11.6 Å². The Kier molecular flexibility index (Phi) is 5.41. The zero-order valence-electron chi connectivity index (χ0n) is 15.2. The van der Waals surface area contributed by atoms with E-state index in [-0.39, 0.29) is 5.91 Å². The van der Waals surface area contributed by atoms with Crippen molar-refractivity contribution in [3.05, 3.63) is 52.8 Å². The second-order valence-corrected chi connectivity index (χ2v) is 7.18.